The Balaban J connectivity index is -0.000000346. The normalized spacial score (nSPS) is 11.4. The standard InChI is InChI=1S/C26H55N.C24H51N.C22H47N.C18H39N.C16H35N.C14H31N/c1-4-5-6-7-8-9-10-11-12-13-14-15-16-17-18-19-20-21-22-23-24-25-26-27(2)3;1-4-5-6-7-8-9-10-11-12-13-14-15-16-17-18-19-20-21-22-23-24-25(2)3;1-4-5-6-7-8-9-10-11-12-13-14-15-16-17-18-19-20-21-22-23(2)3;1-4-5-6-7-8-9-10-11-12-13-14-15-16-17-18-19(2)3;1-4-5-6-7-8-9-10-11-12-13-14-15-16-17(2)3;1-4-5-6-7-8-9-10-11-12-13-14-15(2)3/h4-26H2,1-3H3;4-24H2,1-3H3;4-22H2,1-3H3;4-18H2,1-3H3;4-16H2,1-3H3;4-14H2,1-3H3. The lowest BCUT2D eigenvalue weighted by molar-refractivity contribution is 0.389. The lowest BCUT2D eigenvalue weighted by atomic mass is 10.0. The smallest absolute Gasteiger partial charge is 0.00248 e. The van der Waals surface area contributed by atoms with Crippen LogP contribution in [0.5, 0.6) is 0 Å². The molecule has 0 saturated carbocycles. The molecule has 0 rings (SSSR count). The molecule has 126 heavy (non-hydrogen) atoms. The first kappa shape index (κ1) is 136. The van der Waals surface area contributed by atoms with Crippen molar-refractivity contribution in [2.45, 2.75) is 658 Å². The SMILES string of the molecule is CCCCCCCCCCCCCCCCCCCCCCCCN(C)C.CCCCCCCCCCCCCCCCCCCCCCN(C)C.CCCCCCCCCCCCCCCCCCCCN(C)C.CCCCCCCCCCCCCCCCN(C)C.CCCCCCCCCCCCCCN(C)C.CCCCCCCCCCCCN(C)C. The Bertz CT molecular complexity index is 1680. The molecule has 0 aromatic carbocycles. The first-order valence-corrected chi connectivity index (χ1v) is 59.5. The molecule has 6 heteroatoms. The van der Waals surface area contributed by atoms with E-state index in [0.717, 1.165) is 0 Å². The van der Waals surface area contributed by atoms with E-state index in [1.807, 2.05) is 0 Å². The fourth-order valence-electron chi connectivity index (χ4n) is 17.9. The molecule has 0 radical (unpaired) electrons. The molecular formula is C120H258N6. The van der Waals surface area contributed by atoms with Crippen molar-refractivity contribution in [3.05, 3.63) is 0 Å². The van der Waals surface area contributed by atoms with Gasteiger partial charge >= 0.3 is 0 Å². The highest BCUT2D eigenvalue weighted by atomic mass is 15.1. The number of rotatable bonds is 102. The van der Waals surface area contributed by atoms with E-state index in [4.69, 9.17) is 0 Å². The zero-order valence-corrected chi connectivity index (χ0v) is 92.8. The molecule has 0 aliphatic rings. The molecular weight excluding hydrogens is 1530 g/mol. The predicted molar refractivity (Wildman–Crippen MR) is 589 cm³/mol. The summed E-state index contributed by atoms with van der Waals surface area (Å²) in [6.45, 7) is 21.3. The summed E-state index contributed by atoms with van der Waals surface area (Å²) in [4.78, 5) is 13.8. The molecule has 6 nitrogen and oxygen atoms in total. The van der Waals surface area contributed by atoms with Gasteiger partial charge in [-0.3, -0.25) is 0 Å². The highest BCUT2D eigenvalue weighted by molar-refractivity contribution is 4.60. The topological polar surface area (TPSA) is 19.4 Å². The molecule has 0 aliphatic heterocycles. The number of nitrogens with zero attached hydrogens (tertiary/aromatic N) is 6. The quantitative estimate of drug-likeness (QED) is 0.0561. The van der Waals surface area contributed by atoms with E-state index >= 15 is 0 Å². The molecule has 0 bridgehead atoms. The average Bonchev–Trinajstić information content (AvgIpc) is 1.13. The van der Waals surface area contributed by atoms with Gasteiger partial charge in [0.15, 0.2) is 0 Å². The first-order valence-electron chi connectivity index (χ1n) is 59.5. The van der Waals surface area contributed by atoms with Crippen LogP contribution in [0.3, 0.4) is 0 Å². The molecule has 0 saturated heterocycles. The molecule has 0 atom stereocenters. The van der Waals surface area contributed by atoms with E-state index in [9.17, 15) is 0 Å². The van der Waals surface area contributed by atoms with Gasteiger partial charge in [0.25, 0.3) is 0 Å². The predicted octanol–water partition coefficient (Wildman–Crippen LogP) is 40.9. The minimum atomic E-state index is 1.26. The summed E-state index contributed by atoms with van der Waals surface area (Å²) in [6.07, 6.45) is 140. The van der Waals surface area contributed by atoms with E-state index in [-0.39, 0.29) is 0 Å². The van der Waals surface area contributed by atoms with Crippen molar-refractivity contribution in [1.29, 1.82) is 0 Å². The molecule has 0 aromatic heterocycles. The van der Waals surface area contributed by atoms with Gasteiger partial charge in [-0.25, -0.2) is 0 Å². The zero-order valence-electron chi connectivity index (χ0n) is 92.8. The maximum Gasteiger partial charge on any atom is -0.00248 e. The van der Waals surface area contributed by atoms with Crippen LogP contribution in [0.4, 0.5) is 0 Å². The summed E-state index contributed by atoms with van der Waals surface area (Å²) in [7, 11) is 26.0. The molecule has 0 spiro atoms. The van der Waals surface area contributed by atoms with Gasteiger partial charge in [0.1, 0.15) is 0 Å². The van der Waals surface area contributed by atoms with Crippen LogP contribution in [0.25, 0.3) is 0 Å². The van der Waals surface area contributed by atoms with Crippen molar-refractivity contribution in [2.24, 2.45) is 0 Å². The highest BCUT2D eigenvalue weighted by Gasteiger charge is 2.04. The minimum absolute atomic E-state index is 1.26. The Morgan fingerprint density at radius 1 is 0.0714 bits per heavy atom. The van der Waals surface area contributed by atoms with Crippen molar-refractivity contribution in [3.63, 3.8) is 0 Å². The monoisotopic (exact) mass is 1780 g/mol. The number of unbranched alkanes of at least 4 members (excludes halogenated alkanes) is 90. The van der Waals surface area contributed by atoms with Crippen LogP contribution in [0.15, 0.2) is 0 Å². The third kappa shape index (κ3) is 161. The summed E-state index contributed by atoms with van der Waals surface area (Å²) in [5.41, 5.74) is 0. The van der Waals surface area contributed by atoms with Crippen LogP contribution in [0.2, 0.25) is 0 Å². The van der Waals surface area contributed by atoms with Crippen LogP contribution in [-0.4, -0.2) is 153 Å². The van der Waals surface area contributed by atoms with E-state index in [2.05, 4.69) is 156 Å². The maximum absolute atomic E-state index is 2.30. The molecule has 0 unspecified atom stereocenters. The Labute approximate surface area is 806 Å². The van der Waals surface area contributed by atoms with E-state index in [0.29, 0.717) is 0 Å². The van der Waals surface area contributed by atoms with E-state index in [1.165, 1.54) is 656 Å². The van der Waals surface area contributed by atoms with Crippen LogP contribution in [-0.2, 0) is 0 Å². The lowest BCUT2D eigenvalue weighted by Gasteiger charge is -2.08. The lowest BCUT2D eigenvalue weighted by Crippen LogP contribution is -2.12. The van der Waals surface area contributed by atoms with Crippen LogP contribution in [0, 0.1) is 0 Å². The van der Waals surface area contributed by atoms with Gasteiger partial charge in [0.2, 0.25) is 0 Å². The minimum Gasteiger partial charge on any atom is -0.309 e. The molecule has 0 aromatic rings. The van der Waals surface area contributed by atoms with Crippen molar-refractivity contribution in [1.82, 2.24) is 29.4 Å². The molecule has 0 amide bonds. The van der Waals surface area contributed by atoms with Gasteiger partial charge in [-0.15, -0.1) is 0 Å². The Morgan fingerprint density at radius 3 is 0.167 bits per heavy atom. The average molecular weight is 1790 g/mol. The Morgan fingerprint density at radius 2 is 0.119 bits per heavy atom. The van der Waals surface area contributed by atoms with Gasteiger partial charge in [0, 0.05) is 0 Å². The molecule has 0 fully saturated rings. The van der Waals surface area contributed by atoms with Gasteiger partial charge in [-0.1, -0.05) is 619 Å². The van der Waals surface area contributed by atoms with Gasteiger partial charge < -0.3 is 29.4 Å². The zero-order chi connectivity index (χ0) is 93.6. The summed E-state index contributed by atoms with van der Waals surface area (Å²) in [5, 5.41) is 0. The second-order valence-corrected chi connectivity index (χ2v) is 42.6. The van der Waals surface area contributed by atoms with Crippen molar-refractivity contribution < 1.29 is 0 Å². The fraction of sp³-hybridized carbons (Fsp3) is 1.00. The van der Waals surface area contributed by atoms with Gasteiger partial charge in [-0.2, -0.15) is 0 Å². The first-order chi connectivity index (χ1) is 61.6. The number of hydrogen-bond donors (Lipinski definition) is 0. The van der Waals surface area contributed by atoms with Crippen molar-refractivity contribution in [2.75, 3.05) is 124 Å². The summed E-state index contributed by atoms with van der Waals surface area (Å²) < 4.78 is 0. The third-order valence-corrected chi connectivity index (χ3v) is 26.8. The highest BCUT2D eigenvalue weighted by Crippen LogP contribution is 2.22. The second-order valence-electron chi connectivity index (χ2n) is 42.6. The summed E-state index contributed by atoms with van der Waals surface area (Å²) in [6, 6.07) is 0. The van der Waals surface area contributed by atoms with Gasteiger partial charge in [-0.05, 0) is 162 Å². The fourth-order valence-corrected chi connectivity index (χ4v) is 17.9. The summed E-state index contributed by atoms with van der Waals surface area (Å²) >= 11 is 0. The largest absolute Gasteiger partial charge is 0.309 e. The Kier molecular flexibility index (Phi) is 144. The van der Waals surface area contributed by atoms with Gasteiger partial charge in [0.05, 0.1) is 0 Å². The molecule has 0 heterocycles. The van der Waals surface area contributed by atoms with E-state index in [1.54, 1.807) is 0 Å². The van der Waals surface area contributed by atoms with E-state index < -0.39 is 0 Å². The second kappa shape index (κ2) is 133. The van der Waals surface area contributed by atoms with Crippen molar-refractivity contribution >= 4 is 0 Å². The van der Waals surface area contributed by atoms with Crippen LogP contribution >= 0.6 is 0 Å². The van der Waals surface area contributed by atoms with Crippen LogP contribution in [0.1, 0.15) is 658 Å². The number of hydrogen-bond acceptors (Lipinski definition) is 6. The maximum atomic E-state index is 2.30. The third-order valence-electron chi connectivity index (χ3n) is 26.8. The molecule has 0 N–H and O–H groups in total. The Hall–Kier alpha value is -0.240. The molecule has 0 aliphatic carbocycles. The molecule has 768 valence electrons. The van der Waals surface area contributed by atoms with Crippen LogP contribution < -0.4 is 0 Å². The van der Waals surface area contributed by atoms with Crippen molar-refractivity contribution in [3.8, 4) is 0 Å². The summed E-state index contributed by atoms with van der Waals surface area (Å²) in [5.74, 6) is 0.